The molecule has 1 heterocycles. The van der Waals surface area contributed by atoms with Crippen molar-refractivity contribution in [2.75, 3.05) is 0 Å². The van der Waals surface area contributed by atoms with Crippen LogP contribution in [0.2, 0.25) is 0 Å². The van der Waals surface area contributed by atoms with Crippen LogP contribution in [0.1, 0.15) is 25.0 Å². The van der Waals surface area contributed by atoms with Crippen molar-refractivity contribution in [3.8, 4) is 27.9 Å². The minimum absolute atomic E-state index is 0.0474. The average molecular weight is 514 g/mol. The van der Waals surface area contributed by atoms with E-state index in [9.17, 15) is 0 Å². The van der Waals surface area contributed by atoms with Crippen LogP contribution in [-0.2, 0) is 5.41 Å². The van der Waals surface area contributed by atoms with Crippen LogP contribution in [0.15, 0.2) is 114 Å². The third-order valence-electron chi connectivity index (χ3n) is 7.64. The molecule has 0 bridgehead atoms. The molecule has 7 rings (SSSR count). The van der Waals surface area contributed by atoms with E-state index in [2.05, 4.69) is 144 Å². The molecule has 35 heavy (non-hydrogen) atoms. The lowest BCUT2D eigenvalue weighted by atomic mass is 9.81. The molecule has 0 N–H and O–H groups in total. The molecule has 5 aromatic carbocycles. The molecule has 2 heteroatoms. The van der Waals surface area contributed by atoms with Gasteiger partial charge in [-0.1, -0.05) is 96.5 Å². The zero-order chi connectivity index (χ0) is 23.7. The van der Waals surface area contributed by atoms with E-state index in [4.69, 9.17) is 0 Å². The molecule has 1 aliphatic rings. The molecule has 1 aliphatic carbocycles. The number of hydrogen-bond acceptors (Lipinski definition) is 0. The average Bonchev–Trinajstić information content (AvgIpc) is 3.34. The zero-order valence-electron chi connectivity index (χ0n) is 19.7. The summed E-state index contributed by atoms with van der Waals surface area (Å²) >= 11 is 3.81. The molecular weight excluding hydrogens is 490 g/mol. The molecule has 0 saturated carbocycles. The van der Waals surface area contributed by atoms with Gasteiger partial charge in [-0.05, 0) is 75.8 Å². The van der Waals surface area contributed by atoms with Gasteiger partial charge < -0.3 is 4.57 Å². The molecule has 0 aliphatic heterocycles. The minimum atomic E-state index is -0.0474. The normalized spacial score (nSPS) is 13.8. The van der Waals surface area contributed by atoms with Crippen LogP contribution in [-0.4, -0.2) is 4.57 Å². The molecule has 0 fully saturated rings. The minimum Gasteiger partial charge on any atom is -0.309 e. The first-order valence-corrected chi connectivity index (χ1v) is 12.9. The molecule has 6 aromatic rings. The number of rotatable bonds is 2. The molecule has 1 aromatic heterocycles. The zero-order valence-corrected chi connectivity index (χ0v) is 21.3. The van der Waals surface area contributed by atoms with Crippen molar-refractivity contribution < 1.29 is 0 Å². The maximum Gasteiger partial charge on any atom is 0.0541 e. The summed E-state index contributed by atoms with van der Waals surface area (Å²) in [7, 11) is 0. The van der Waals surface area contributed by atoms with E-state index in [1.165, 1.54) is 65.3 Å². The van der Waals surface area contributed by atoms with Crippen LogP contribution in [0.5, 0.6) is 0 Å². The molecule has 1 nitrogen and oxygen atoms in total. The van der Waals surface area contributed by atoms with E-state index in [-0.39, 0.29) is 5.41 Å². The van der Waals surface area contributed by atoms with Crippen LogP contribution in [0.3, 0.4) is 0 Å². The largest absolute Gasteiger partial charge is 0.309 e. The van der Waals surface area contributed by atoms with E-state index in [0.717, 1.165) is 0 Å². The fourth-order valence-electron chi connectivity index (χ4n) is 6.00. The van der Waals surface area contributed by atoms with Crippen molar-refractivity contribution >= 4 is 37.7 Å². The summed E-state index contributed by atoms with van der Waals surface area (Å²) in [5.41, 5.74) is 11.6. The van der Waals surface area contributed by atoms with Gasteiger partial charge in [0.2, 0.25) is 0 Å². The second kappa shape index (κ2) is 7.44. The van der Waals surface area contributed by atoms with E-state index in [0.29, 0.717) is 0 Å². The lowest BCUT2D eigenvalue weighted by Gasteiger charge is -2.23. The molecule has 0 atom stereocenters. The first kappa shape index (κ1) is 20.7. The lowest BCUT2D eigenvalue weighted by molar-refractivity contribution is 0.657. The van der Waals surface area contributed by atoms with Crippen molar-refractivity contribution in [3.05, 3.63) is 125 Å². The Morgan fingerprint density at radius 2 is 1.31 bits per heavy atom. The fourth-order valence-corrected chi connectivity index (χ4v) is 6.86. The van der Waals surface area contributed by atoms with E-state index in [1.54, 1.807) is 0 Å². The van der Waals surface area contributed by atoms with Crippen LogP contribution in [0.4, 0.5) is 0 Å². The van der Waals surface area contributed by atoms with Gasteiger partial charge in [0.1, 0.15) is 0 Å². The summed E-state index contributed by atoms with van der Waals surface area (Å²) in [4.78, 5) is 0. The third kappa shape index (κ3) is 2.93. The Balaban J connectivity index is 1.43. The molecule has 0 unspecified atom stereocenters. The van der Waals surface area contributed by atoms with Gasteiger partial charge in [-0.3, -0.25) is 0 Å². The van der Waals surface area contributed by atoms with Crippen molar-refractivity contribution in [3.63, 3.8) is 0 Å². The second-order valence-corrected chi connectivity index (χ2v) is 10.8. The first-order valence-electron chi connectivity index (χ1n) is 12.1. The van der Waals surface area contributed by atoms with Gasteiger partial charge in [0.25, 0.3) is 0 Å². The lowest BCUT2D eigenvalue weighted by Crippen LogP contribution is -2.15. The highest BCUT2D eigenvalue weighted by Gasteiger charge is 2.37. The van der Waals surface area contributed by atoms with Crippen molar-refractivity contribution in [2.24, 2.45) is 0 Å². The van der Waals surface area contributed by atoms with Crippen LogP contribution >= 0.6 is 15.9 Å². The smallest absolute Gasteiger partial charge is 0.0541 e. The van der Waals surface area contributed by atoms with Gasteiger partial charge in [-0.25, -0.2) is 0 Å². The number of fused-ring (bicyclic) bond motifs is 6. The Labute approximate surface area is 213 Å². The summed E-state index contributed by atoms with van der Waals surface area (Å²) in [6, 6.07) is 39.8. The van der Waals surface area contributed by atoms with Gasteiger partial charge in [0, 0.05) is 26.3 Å². The number of para-hydroxylation sites is 2. The predicted molar refractivity (Wildman–Crippen MR) is 151 cm³/mol. The SMILES string of the molecule is CC1(C)c2cc(-c3ccc4c(c3)c3ccccc3n4-c3ccccc3)ccc2-c2cccc(Br)c21. The van der Waals surface area contributed by atoms with Crippen LogP contribution in [0, 0.1) is 0 Å². The highest BCUT2D eigenvalue weighted by atomic mass is 79.9. The molecular formula is C33H24BrN. The van der Waals surface area contributed by atoms with Gasteiger partial charge in [0.05, 0.1) is 11.0 Å². The summed E-state index contributed by atoms with van der Waals surface area (Å²) in [5, 5.41) is 2.57. The molecule has 0 spiro atoms. The Morgan fingerprint density at radius 3 is 2.17 bits per heavy atom. The predicted octanol–water partition coefficient (Wildman–Crippen LogP) is 9.52. The van der Waals surface area contributed by atoms with Crippen molar-refractivity contribution in [1.29, 1.82) is 0 Å². The number of nitrogens with zero attached hydrogens (tertiary/aromatic N) is 1. The first-order chi connectivity index (χ1) is 17.0. The van der Waals surface area contributed by atoms with E-state index in [1.807, 2.05) is 0 Å². The Hall–Kier alpha value is -3.62. The third-order valence-corrected chi connectivity index (χ3v) is 8.30. The summed E-state index contributed by atoms with van der Waals surface area (Å²) in [6.45, 7) is 4.67. The second-order valence-electron chi connectivity index (χ2n) is 9.97. The molecule has 0 amide bonds. The quantitative estimate of drug-likeness (QED) is 0.217. The van der Waals surface area contributed by atoms with Crippen molar-refractivity contribution in [1.82, 2.24) is 4.57 Å². The van der Waals surface area contributed by atoms with Gasteiger partial charge in [-0.15, -0.1) is 0 Å². The number of benzene rings is 5. The van der Waals surface area contributed by atoms with Gasteiger partial charge in [-0.2, -0.15) is 0 Å². The summed E-state index contributed by atoms with van der Waals surface area (Å²) < 4.78 is 3.56. The van der Waals surface area contributed by atoms with Gasteiger partial charge in [0.15, 0.2) is 0 Å². The highest BCUT2D eigenvalue weighted by molar-refractivity contribution is 9.10. The maximum absolute atomic E-state index is 3.81. The van der Waals surface area contributed by atoms with Crippen molar-refractivity contribution in [2.45, 2.75) is 19.3 Å². The topological polar surface area (TPSA) is 4.93 Å². The fraction of sp³-hybridized carbons (Fsp3) is 0.0909. The summed E-state index contributed by atoms with van der Waals surface area (Å²) in [6.07, 6.45) is 0. The van der Waals surface area contributed by atoms with E-state index >= 15 is 0 Å². The summed E-state index contributed by atoms with van der Waals surface area (Å²) in [5.74, 6) is 0. The monoisotopic (exact) mass is 513 g/mol. The standard InChI is InChI=1S/C33H24BrN/c1-33(2)28-20-22(15-17-24(28)26-12-8-13-29(34)32(26)33)21-16-18-31-27(19-21)25-11-6-7-14-30(25)35(31)23-9-4-3-5-10-23/h3-20H,1-2H3. The molecule has 0 saturated heterocycles. The van der Waals surface area contributed by atoms with Gasteiger partial charge >= 0.3 is 0 Å². The number of aromatic nitrogens is 1. The Kier molecular flexibility index (Phi) is 4.40. The Bertz CT molecular complexity index is 1770. The Morgan fingerprint density at radius 1 is 0.600 bits per heavy atom. The van der Waals surface area contributed by atoms with Crippen LogP contribution < -0.4 is 0 Å². The highest BCUT2D eigenvalue weighted by Crippen LogP contribution is 2.52. The number of halogens is 1. The number of hydrogen-bond donors (Lipinski definition) is 0. The van der Waals surface area contributed by atoms with E-state index < -0.39 is 0 Å². The maximum atomic E-state index is 3.81. The molecule has 168 valence electrons. The molecule has 0 radical (unpaired) electrons. The van der Waals surface area contributed by atoms with Crippen LogP contribution in [0.25, 0.3) is 49.7 Å².